The van der Waals surface area contributed by atoms with E-state index in [1.807, 2.05) is 11.6 Å². The number of primary amides is 1. The number of carbonyl (C=O) groups is 1. The van der Waals surface area contributed by atoms with Crippen molar-refractivity contribution in [2.24, 2.45) is 12.8 Å². The predicted octanol–water partition coefficient (Wildman–Crippen LogP) is 2.96. The smallest absolute Gasteiger partial charge is 0.271 e. The molecule has 1 fully saturated rings. The summed E-state index contributed by atoms with van der Waals surface area (Å²) in [6, 6.07) is 0. The number of fused-ring (bicyclic) bond motifs is 1. The first kappa shape index (κ1) is 21.9. The number of amides is 1. The average molecular weight is 467 g/mol. The number of anilines is 2. The predicted molar refractivity (Wildman–Crippen MR) is 121 cm³/mol. The van der Waals surface area contributed by atoms with Gasteiger partial charge < -0.3 is 15.6 Å². The third kappa shape index (κ3) is 3.84. The fourth-order valence-electron chi connectivity index (χ4n) is 3.88. The topological polar surface area (TPSA) is 129 Å². The van der Waals surface area contributed by atoms with Crippen molar-refractivity contribution in [2.45, 2.75) is 38.4 Å². The molecule has 1 aliphatic carbocycles. The molecular weight excluding hydrogens is 444 g/mol. The molecule has 1 amide bonds. The summed E-state index contributed by atoms with van der Waals surface area (Å²) in [5.41, 5.74) is 10.1. The maximum atomic E-state index is 13.5. The maximum Gasteiger partial charge on any atom is 0.271 e. The van der Waals surface area contributed by atoms with E-state index in [2.05, 4.69) is 25.4 Å². The molecular formula is C22H23F2N9O. The summed E-state index contributed by atoms with van der Waals surface area (Å²) in [6.07, 6.45) is 6.77. The number of nitrogens with one attached hydrogen (secondary N) is 1. The van der Waals surface area contributed by atoms with Crippen molar-refractivity contribution in [3.8, 4) is 11.3 Å². The normalized spacial score (nSPS) is 14.5. The van der Waals surface area contributed by atoms with Crippen LogP contribution in [-0.2, 0) is 13.6 Å². The molecule has 0 radical (unpaired) electrons. The summed E-state index contributed by atoms with van der Waals surface area (Å²) < 4.78 is 29.3. The number of halogens is 2. The third-order valence-electron chi connectivity index (χ3n) is 5.91. The van der Waals surface area contributed by atoms with Crippen LogP contribution in [-0.4, -0.2) is 53.0 Å². The van der Waals surface area contributed by atoms with Gasteiger partial charge in [-0.2, -0.15) is 5.10 Å². The van der Waals surface area contributed by atoms with E-state index < -0.39 is 18.8 Å². The van der Waals surface area contributed by atoms with Gasteiger partial charge in [0.05, 0.1) is 53.6 Å². The van der Waals surface area contributed by atoms with Gasteiger partial charge in [-0.15, -0.1) is 0 Å². The molecule has 1 atom stereocenters. The van der Waals surface area contributed by atoms with Crippen molar-refractivity contribution in [1.82, 2.24) is 34.3 Å². The number of carbonyl (C=O) groups excluding carboxylic acids is 1. The van der Waals surface area contributed by atoms with Gasteiger partial charge in [-0.3, -0.25) is 14.5 Å². The van der Waals surface area contributed by atoms with Crippen LogP contribution in [0.3, 0.4) is 0 Å². The van der Waals surface area contributed by atoms with Gasteiger partial charge in [0.1, 0.15) is 18.4 Å². The van der Waals surface area contributed by atoms with Gasteiger partial charge in [0.2, 0.25) is 0 Å². The molecule has 1 aliphatic rings. The van der Waals surface area contributed by atoms with Crippen molar-refractivity contribution < 1.29 is 13.6 Å². The first-order chi connectivity index (χ1) is 16.4. The molecule has 1 saturated carbocycles. The average Bonchev–Trinajstić information content (AvgIpc) is 3.54. The molecule has 34 heavy (non-hydrogen) atoms. The second-order valence-corrected chi connectivity index (χ2v) is 8.41. The number of hydrogen-bond acceptors (Lipinski definition) is 7. The lowest BCUT2D eigenvalue weighted by Gasteiger charge is -2.15. The zero-order valence-corrected chi connectivity index (χ0v) is 18.7. The second kappa shape index (κ2) is 8.43. The van der Waals surface area contributed by atoms with Gasteiger partial charge in [0, 0.05) is 24.7 Å². The number of alkyl halides is 2. The SMILES string of the molecule is Cc1c(Nc2nc(C3CC3)c(-c3cncc4c3ncn4C)nc2C(N)=O)cnn1CC(F)CF. The van der Waals surface area contributed by atoms with Gasteiger partial charge in [0.15, 0.2) is 11.5 Å². The Morgan fingerprint density at radius 3 is 2.79 bits per heavy atom. The minimum atomic E-state index is -1.66. The minimum Gasteiger partial charge on any atom is -0.364 e. The number of rotatable bonds is 8. The summed E-state index contributed by atoms with van der Waals surface area (Å²) in [6.45, 7) is 0.399. The number of aryl methyl sites for hydroxylation is 1. The first-order valence-corrected chi connectivity index (χ1v) is 10.8. The number of hydrogen-bond donors (Lipinski definition) is 2. The largest absolute Gasteiger partial charge is 0.364 e. The molecule has 12 heteroatoms. The van der Waals surface area contributed by atoms with Crippen molar-refractivity contribution in [3.05, 3.63) is 42.0 Å². The van der Waals surface area contributed by atoms with Gasteiger partial charge in [-0.25, -0.2) is 23.7 Å². The number of imidazole rings is 1. The number of pyridine rings is 1. The Hall–Kier alpha value is -3.96. The fourth-order valence-corrected chi connectivity index (χ4v) is 3.88. The van der Waals surface area contributed by atoms with E-state index in [1.165, 1.54) is 10.9 Å². The number of nitrogens with two attached hydrogens (primary N) is 1. The molecule has 4 aromatic heterocycles. The van der Waals surface area contributed by atoms with E-state index in [-0.39, 0.29) is 24.0 Å². The van der Waals surface area contributed by atoms with E-state index in [9.17, 15) is 13.6 Å². The van der Waals surface area contributed by atoms with E-state index in [0.717, 1.165) is 24.1 Å². The maximum absolute atomic E-state index is 13.5. The summed E-state index contributed by atoms with van der Waals surface area (Å²) in [5.74, 6) is -0.389. The van der Waals surface area contributed by atoms with Crippen LogP contribution in [0.5, 0.6) is 0 Å². The number of nitrogens with zero attached hydrogens (tertiary/aromatic N) is 7. The highest BCUT2D eigenvalue weighted by Crippen LogP contribution is 2.44. The lowest BCUT2D eigenvalue weighted by Crippen LogP contribution is -2.19. The molecule has 0 aromatic carbocycles. The third-order valence-corrected chi connectivity index (χ3v) is 5.91. The first-order valence-electron chi connectivity index (χ1n) is 10.8. The van der Waals surface area contributed by atoms with Crippen LogP contribution < -0.4 is 11.1 Å². The molecule has 3 N–H and O–H groups in total. The van der Waals surface area contributed by atoms with Gasteiger partial charge >= 0.3 is 0 Å². The molecule has 10 nitrogen and oxygen atoms in total. The van der Waals surface area contributed by atoms with Crippen LogP contribution in [0, 0.1) is 6.92 Å². The summed E-state index contributed by atoms with van der Waals surface area (Å²) in [5, 5.41) is 7.18. The molecule has 4 heterocycles. The highest BCUT2D eigenvalue weighted by molar-refractivity contribution is 5.98. The zero-order chi connectivity index (χ0) is 24.0. The van der Waals surface area contributed by atoms with Crippen LogP contribution in [0.2, 0.25) is 0 Å². The minimum absolute atomic E-state index is 0.0494. The molecule has 0 saturated heterocycles. The monoisotopic (exact) mass is 467 g/mol. The molecule has 0 aliphatic heterocycles. The Labute approximate surface area is 193 Å². The fraction of sp³-hybridized carbons (Fsp3) is 0.364. The second-order valence-electron chi connectivity index (χ2n) is 8.41. The van der Waals surface area contributed by atoms with Crippen molar-refractivity contribution in [3.63, 3.8) is 0 Å². The Morgan fingerprint density at radius 2 is 2.09 bits per heavy atom. The van der Waals surface area contributed by atoms with E-state index >= 15 is 0 Å². The highest BCUT2D eigenvalue weighted by atomic mass is 19.2. The van der Waals surface area contributed by atoms with Gasteiger partial charge in [-0.1, -0.05) is 0 Å². The highest BCUT2D eigenvalue weighted by Gasteiger charge is 2.32. The van der Waals surface area contributed by atoms with E-state index in [1.54, 1.807) is 25.6 Å². The molecule has 0 spiro atoms. The summed E-state index contributed by atoms with van der Waals surface area (Å²) in [7, 11) is 1.87. The lowest BCUT2D eigenvalue weighted by atomic mass is 10.1. The van der Waals surface area contributed by atoms with Gasteiger partial charge in [0.25, 0.3) is 5.91 Å². The number of aromatic nitrogens is 7. The lowest BCUT2D eigenvalue weighted by molar-refractivity contribution is 0.0996. The molecule has 0 bridgehead atoms. The Bertz CT molecular complexity index is 1390. The zero-order valence-electron chi connectivity index (χ0n) is 18.7. The molecule has 4 aromatic rings. The molecule has 1 unspecified atom stereocenters. The van der Waals surface area contributed by atoms with Crippen LogP contribution in [0.15, 0.2) is 24.9 Å². The van der Waals surface area contributed by atoms with Crippen molar-refractivity contribution in [1.29, 1.82) is 0 Å². The van der Waals surface area contributed by atoms with Crippen LogP contribution in [0.4, 0.5) is 20.3 Å². The quantitative estimate of drug-likeness (QED) is 0.407. The molecule has 176 valence electrons. The van der Waals surface area contributed by atoms with Crippen molar-refractivity contribution >= 4 is 28.4 Å². The van der Waals surface area contributed by atoms with Gasteiger partial charge in [-0.05, 0) is 19.8 Å². The van der Waals surface area contributed by atoms with E-state index in [0.29, 0.717) is 28.2 Å². The Balaban J connectivity index is 1.60. The molecule has 5 rings (SSSR count). The van der Waals surface area contributed by atoms with Crippen LogP contribution in [0.25, 0.3) is 22.3 Å². The van der Waals surface area contributed by atoms with Crippen molar-refractivity contribution in [2.75, 3.05) is 12.0 Å². The Kier molecular flexibility index (Phi) is 5.42. The van der Waals surface area contributed by atoms with Crippen LogP contribution in [0.1, 0.15) is 40.6 Å². The summed E-state index contributed by atoms with van der Waals surface area (Å²) >= 11 is 0. The summed E-state index contributed by atoms with van der Waals surface area (Å²) in [4.78, 5) is 30.6. The van der Waals surface area contributed by atoms with Crippen LogP contribution >= 0.6 is 0 Å². The standard InChI is InChI=1S/C22H23F2N9O/c1-11-15(7-28-33(11)9-13(24)5-23)29-22-20(21(25)34)30-19(17(31-22)12-3-4-12)14-6-26-8-16-18(14)27-10-32(16)2/h6-8,10,12-13H,3-5,9H2,1-2H3,(H2,25,34)(H,29,31). The van der Waals surface area contributed by atoms with E-state index in [4.69, 9.17) is 10.7 Å². The Morgan fingerprint density at radius 1 is 1.29 bits per heavy atom.